The van der Waals surface area contributed by atoms with Crippen LogP contribution in [-0.4, -0.2) is 31.3 Å². The maximum absolute atomic E-state index is 12.4. The molecular formula is C22H28N4O3. The number of hydrogen-bond acceptors (Lipinski definition) is 3. The Kier molecular flexibility index (Phi) is 7.33. The molecule has 1 fully saturated rings. The van der Waals surface area contributed by atoms with Crippen molar-refractivity contribution in [1.29, 1.82) is 0 Å². The molecule has 29 heavy (non-hydrogen) atoms. The van der Waals surface area contributed by atoms with Gasteiger partial charge in [0.1, 0.15) is 5.75 Å². The summed E-state index contributed by atoms with van der Waals surface area (Å²) in [6.07, 6.45) is 3.73. The van der Waals surface area contributed by atoms with Crippen molar-refractivity contribution in [2.24, 2.45) is 0 Å². The molecule has 154 valence electrons. The van der Waals surface area contributed by atoms with E-state index in [2.05, 4.69) is 21.3 Å². The highest BCUT2D eigenvalue weighted by Gasteiger charge is 2.27. The van der Waals surface area contributed by atoms with Crippen LogP contribution in [0.15, 0.2) is 54.6 Å². The SMILES string of the molecule is COc1ccc(NC(=O)NC2CCCCC2NC(=O)NCc2ccccc2)cc1. The normalized spacial score (nSPS) is 18.4. The standard InChI is InChI=1S/C22H28N4O3/c1-29-18-13-11-17(12-14-18)24-22(28)26-20-10-6-5-9-19(20)25-21(27)23-15-16-7-3-2-4-8-16/h2-4,7-8,11-14,19-20H,5-6,9-10,15H2,1H3,(H2,23,25,27)(H2,24,26,28). The number of amides is 4. The number of rotatable bonds is 6. The third kappa shape index (κ3) is 6.41. The predicted octanol–water partition coefficient (Wildman–Crippen LogP) is 3.63. The van der Waals surface area contributed by atoms with E-state index < -0.39 is 0 Å². The molecule has 2 unspecified atom stereocenters. The van der Waals surface area contributed by atoms with Gasteiger partial charge < -0.3 is 26.0 Å². The Morgan fingerprint density at radius 2 is 1.52 bits per heavy atom. The van der Waals surface area contributed by atoms with Crippen molar-refractivity contribution in [2.75, 3.05) is 12.4 Å². The lowest BCUT2D eigenvalue weighted by Gasteiger charge is -2.32. The lowest BCUT2D eigenvalue weighted by molar-refractivity contribution is 0.218. The van der Waals surface area contributed by atoms with E-state index in [1.165, 1.54) is 0 Å². The number of benzene rings is 2. The van der Waals surface area contributed by atoms with Crippen LogP contribution in [0.25, 0.3) is 0 Å². The largest absolute Gasteiger partial charge is 0.497 e. The molecule has 0 aliphatic heterocycles. The Labute approximate surface area is 171 Å². The Hall–Kier alpha value is -3.22. The Morgan fingerprint density at radius 1 is 0.897 bits per heavy atom. The highest BCUT2D eigenvalue weighted by molar-refractivity contribution is 5.89. The van der Waals surface area contributed by atoms with Crippen molar-refractivity contribution >= 4 is 17.7 Å². The second-order valence-electron chi connectivity index (χ2n) is 7.14. The molecule has 7 nitrogen and oxygen atoms in total. The molecule has 0 saturated heterocycles. The molecule has 2 aromatic carbocycles. The molecule has 0 heterocycles. The first-order valence-electron chi connectivity index (χ1n) is 9.94. The van der Waals surface area contributed by atoms with Gasteiger partial charge in [0.2, 0.25) is 0 Å². The van der Waals surface area contributed by atoms with E-state index in [1.54, 1.807) is 31.4 Å². The highest BCUT2D eigenvalue weighted by Crippen LogP contribution is 2.19. The van der Waals surface area contributed by atoms with Gasteiger partial charge in [-0.05, 0) is 42.7 Å². The number of carbonyl (C=O) groups is 2. The molecule has 1 aliphatic carbocycles. The van der Waals surface area contributed by atoms with Crippen LogP contribution >= 0.6 is 0 Å². The summed E-state index contributed by atoms with van der Waals surface area (Å²) >= 11 is 0. The Balaban J connectivity index is 1.49. The monoisotopic (exact) mass is 396 g/mol. The van der Waals surface area contributed by atoms with Crippen LogP contribution in [0.4, 0.5) is 15.3 Å². The molecule has 0 bridgehead atoms. The van der Waals surface area contributed by atoms with Crippen LogP contribution in [0, 0.1) is 0 Å². The first kappa shape index (κ1) is 20.5. The lowest BCUT2D eigenvalue weighted by Crippen LogP contribution is -2.55. The summed E-state index contributed by atoms with van der Waals surface area (Å²) in [6, 6.07) is 16.2. The van der Waals surface area contributed by atoms with E-state index in [9.17, 15) is 9.59 Å². The molecule has 3 rings (SSSR count). The predicted molar refractivity (Wildman–Crippen MR) is 113 cm³/mol. The van der Waals surface area contributed by atoms with Crippen LogP contribution in [0.3, 0.4) is 0 Å². The van der Waals surface area contributed by atoms with Gasteiger partial charge in [0, 0.05) is 12.2 Å². The van der Waals surface area contributed by atoms with E-state index in [1.807, 2.05) is 30.3 Å². The number of carbonyl (C=O) groups excluding carboxylic acids is 2. The minimum absolute atomic E-state index is 0.0962. The number of ether oxygens (including phenoxy) is 1. The maximum Gasteiger partial charge on any atom is 0.319 e. The molecule has 1 saturated carbocycles. The molecule has 0 radical (unpaired) electrons. The molecule has 0 aromatic heterocycles. The summed E-state index contributed by atoms with van der Waals surface area (Å²) in [4.78, 5) is 24.7. The van der Waals surface area contributed by atoms with Crippen LogP contribution < -0.4 is 26.0 Å². The summed E-state index contributed by atoms with van der Waals surface area (Å²) in [6.45, 7) is 0.468. The van der Waals surface area contributed by atoms with Gasteiger partial charge in [-0.2, -0.15) is 0 Å². The van der Waals surface area contributed by atoms with Crippen molar-refractivity contribution in [1.82, 2.24) is 16.0 Å². The number of urea groups is 2. The van der Waals surface area contributed by atoms with E-state index >= 15 is 0 Å². The molecular weight excluding hydrogens is 368 g/mol. The number of hydrogen-bond donors (Lipinski definition) is 4. The van der Waals surface area contributed by atoms with Crippen molar-refractivity contribution < 1.29 is 14.3 Å². The van der Waals surface area contributed by atoms with Gasteiger partial charge in [-0.1, -0.05) is 43.2 Å². The fraction of sp³-hybridized carbons (Fsp3) is 0.364. The fourth-order valence-electron chi connectivity index (χ4n) is 3.48. The fourth-order valence-corrected chi connectivity index (χ4v) is 3.48. The van der Waals surface area contributed by atoms with Gasteiger partial charge in [0.05, 0.1) is 19.2 Å². The van der Waals surface area contributed by atoms with Crippen LogP contribution in [0.1, 0.15) is 31.2 Å². The van der Waals surface area contributed by atoms with Gasteiger partial charge in [-0.3, -0.25) is 0 Å². The van der Waals surface area contributed by atoms with Crippen molar-refractivity contribution in [3.63, 3.8) is 0 Å². The Bertz CT molecular complexity index is 795. The maximum atomic E-state index is 12.4. The van der Waals surface area contributed by atoms with Crippen molar-refractivity contribution in [2.45, 2.75) is 44.3 Å². The summed E-state index contributed by atoms with van der Waals surface area (Å²) in [5, 5.41) is 11.7. The minimum Gasteiger partial charge on any atom is -0.497 e. The summed E-state index contributed by atoms with van der Waals surface area (Å²) < 4.78 is 5.12. The summed E-state index contributed by atoms with van der Waals surface area (Å²) in [7, 11) is 1.60. The third-order valence-electron chi connectivity index (χ3n) is 5.04. The topological polar surface area (TPSA) is 91.5 Å². The second kappa shape index (κ2) is 10.4. The second-order valence-corrected chi connectivity index (χ2v) is 7.14. The molecule has 0 spiro atoms. The van der Waals surface area contributed by atoms with Crippen LogP contribution in [0.2, 0.25) is 0 Å². The highest BCUT2D eigenvalue weighted by atomic mass is 16.5. The van der Waals surface area contributed by atoms with Gasteiger partial charge in [0.25, 0.3) is 0 Å². The van der Waals surface area contributed by atoms with Crippen molar-refractivity contribution in [3.8, 4) is 5.75 Å². The minimum atomic E-state index is -0.279. The van der Waals surface area contributed by atoms with E-state index in [4.69, 9.17) is 4.74 Å². The van der Waals surface area contributed by atoms with Gasteiger partial charge >= 0.3 is 12.1 Å². The van der Waals surface area contributed by atoms with E-state index in [0.717, 1.165) is 37.0 Å². The smallest absolute Gasteiger partial charge is 0.319 e. The lowest BCUT2D eigenvalue weighted by atomic mass is 9.90. The average Bonchev–Trinajstić information content (AvgIpc) is 2.75. The number of nitrogens with one attached hydrogen (secondary N) is 4. The molecule has 2 atom stereocenters. The Morgan fingerprint density at radius 3 is 2.14 bits per heavy atom. The average molecular weight is 396 g/mol. The molecule has 4 N–H and O–H groups in total. The number of methoxy groups -OCH3 is 1. The van der Waals surface area contributed by atoms with E-state index in [-0.39, 0.29) is 24.1 Å². The van der Waals surface area contributed by atoms with Crippen LogP contribution in [0.5, 0.6) is 5.75 Å². The molecule has 7 heteroatoms. The first-order valence-corrected chi connectivity index (χ1v) is 9.94. The molecule has 1 aliphatic rings. The molecule has 4 amide bonds. The summed E-state index contributed by atoms with van der Waals surface area (Å²) in [5.74, 6) is 0.731. The van der Waals surface area contributed by atoms with Gasteiger partial charge in [-0.15, -0.1) is 0 Å². The quantitative estimate of drug-likeness (QED) is 0.601. The van der Waals surface area contributed by atoms with E-state index in [0.29, 0.717) is 12.2 Å². The van der Waals surface area contributed by atoms with Gasteiger partial charge in [-0.25, -0.2) is 9.59 Å². The summed E-state index contributed by atoms with van der Waals surface area (Å²) in [5.41, 5.74) is 1.73. The number of anilines is 1. The zero-order valence-corrected chi connectivity index (χ0v) is 16.6. The van der Waals surface area contributed by atoms with Crippen LogP contribution in [-0.2, 0) is 6.54 Å². The van der Waals surface area contributed by atoms with Crippen molar-refractivity contribution in [3.05, 3.63) is 60.2 Å². The third-order valence-corrected chi connectivity index (χ3v) is 5.04. The zero-order chi connectivity index (χ0) is 20.5. The zero-order valence-electron chi connectivity index (χ0n) is 16.6. The van der Waals surface area contributed by atoms with Gasteiger partial charge in [0.15, 0.2) is 0 Å². The first-order chi connectivity index (χ1) is 14.1. The molecule has 2 aromatic rings.